The van der Waals surface area contributed by atoms with E-state index in [-0.39, 0.29) is 12.3 Å². The van der Waals surface area contributed by atoms with Crippen LogP contribution in [0.25, 0.3) is 0 Å². The molecule has 1 unspecified atom stereocenters. The first-order valence-electron chi connectivity index (χ1n) is 6.96. The fraction of sp³-hybridized carbons (Fsp3) is 0.533. The molecule has 1 N–H and O–H groups in total. The molecule has 1 saturated heterocycles. The van der Waals surface area contributed by atoms with Crippen LogP contribution < -0.4 is 4.74 Å². The molecule has 1 aliphatic rings. The molecule has 4 nitrogen and oxygen atoms in total. The minimum atomic E-state index is -0.700. The molecule has 0 aromatic heterocycles. The summed E-state index contributed by atoms with van der Waals surface area (Å²) >= 11 is 5.81. The summed E-state index contributed by atoms with van der Waals surface area (Å²) in [5.74, 6) is 0.388. The number of likely N-dealkylation sites (tertiary alicyclic amines) is 1. The Morgan fingerprint density at radius 3 is 2.85 bits per heavy atom. The van der Waals surface area contributed by atoms with Crippen molar-refractivity contribution in [1.82, 2.24) is 4.90 Å². The van der Waals surface area contributed by atoms with Gasteiger partial charge in [0.25, 0.3) is 0 Å². The normalized spacial score (nSPS) is 19.8. The number of ether oxygens (including phenoxy) is 1. The Morgan fingerprint density at radius 1 is 1.40 bits per heavy atom. The molecular weight excluding hydrogens is 278 g/mol. The summed E-state index contributed by atoms with van der Waals surface area (Å²) in [6.45, 7) is 3.33. The monoisotopic (exact) mass is 297 g/mol. The summed E-state index contributed by atoms with van der Waals surface area (Å²) in [5, 5.41) is 9.54. The van der Waals surface area contributed by atoms with Gasteiger partial charge in [0, 0.05) is 24.5 Å². The van der Waals surface area contributed by atoms with E-state index in [1.807, 2.05) is 12.1 Å². The summed E-state index contributed by atoms with van der Waals surface area (Å²) < 4.78 is 5.66. The van der Waals surface area contributed by atoms with Crippen LogP contribution in [0.2, 0.25) is 5.02 Å². The highest BCUT2D eigenvalue weighted by Crippen LogP contribution is 2.20. The van der Waals surface area contributed by atoms with Crippen molar-refractivity contribution in [3.63, 3.8) is 0 Å². The minimum Gasteiger partial charge on any atom is -0.492 e. The number of nitrogens with zero attached hydrogens (tertiary/aromatic N) is 1. The third-order valence-electron chi connectivity index (χ3n) is 3.56. The maximum atomic E-state index is 10.7. The summed E-state index contributed by atoms with van der Waals surface area (Å²) in [5.41, 5.74) is 0. The molecule has 1 heterocycles. The molecule has 5 heteroatoms. The number of hydrogen-bond acceptors (Lipinski definition) is 3. The fourth-order valence-electron chi connectivity index (χ4n) is 2.59. The lowest BCUT2D eigenvalue weighted by atomic mass is 9.95. The van der Waals surface area contributed by atoms with E-state index in [1.165, 1.54) is 0 Å². The van der Waals surface area contributed by atoms with E-state index in [0.29, 0.717) is 11.6 Å². The van der Waals surface area contributed by atoms with Gasteiger partial charge >= 0.3 is 5.97 Å². The topological polar surface area (TPSA) is 49.8 Å². The second-order valence-corrected chi connectivity index (χ2v) is 5.65. The van der Waals surface area contributed by atoms with Crippen LogP contribution in [0.1, 0.15) is 19.3 Å². The van der Waals surface area contributed by atoms with E-state index in [4.69, 9.17) is 21.4 Å². The molecule has 1 atom stereocenters. The molecule has 0 saturated carbocycles. The lowest BCUT2D eigenvalue weighted by Crippen LogP contribution is -2.38. The zero-order valence-electron chi connectivity index (χ0n) is 11.4. The van der Waals surface area contributed by atoms with Gasteiger partial charge in [-0.2, -0.15) is 0 Å². The average molecular weight is 298 g/mol. The standard InChI is InChI=1S/C15H20ClNO3/c16-13-3-5-14(6-4-13)20-9-8-17-7-1-2-12(11-17)10-15(18)19/h3-6,12H,1-2,7-11H2,(H,18,19). The Hall–Kier alpha value is -1.26. The number of hydrogen-bond donors (Lipinski definition) is 1. The van der Waals surface area contributed by atoms with Crippen molar-refractivity contribution in [3.05, 3.63) is 29.3 Å². The zero-order valence-corrected chi connectivity index (χ0v) is 12.2. The van der Waals surface area contributed by atoms with Crippen LogP contribution in [-0.4, -0.2) is 42.2 Å². The highest BCUT2D eigenvalue weighted by molar-refractivity contribution is 6.30. The van der Waals surface area contributed by atoms with E-state index in [9.17, 15) is 4.79 Å². The number of piperidine rings is 1. The third kappa shape index (κ3) is 5.02. The number of carboxylic acid groups (broad SMARTS) is 1. The van der Waals surface area contributed by atoms with Crippen LogP contribution in [-0.2, 0) is 4.79 Å². The Balaban J connectivity index is 1.70. The molecule has 2 rings (SSSR count). The van der Waals surface area contributed by atoms with Crippen molar-refractivity contribution in [2.75, 3.05) is 26.2 Å². The van der Waals surface area contributed by atoms with Crippen molar-refractivity contribution in [3.8, 4) is 5.75 Å². The molecule has 1 fully saturated rings. The van der Waals surface area contributed by atoms with Gasteiger partial charge in [0.1, 0.15) is 12.4 Å². The molecule has 1 aromatic carbocycles. The van der Waals surface area contributed by atoms with Crippen LogP contribution >= 0.6 is 11.6 Å². The molecule has 0 spiro atoms. The lowest BCUT2D eigenvalue weighted by Gasteiger charge is -2.31. The predicted octanol–water partition coefficient (Wildman–Crippen LogP) is 2.91. The Bertz CT molecular complexity index is 435. The first-order valence-corrected chi connectivity index (χ1v) is 7.34. The molecule has 1 aromatic rings. The molecule has 20 heavy (non-hydrogen) atoms. The van der Waals surface area contributed by atoms with E-state index >= 15 is 0 Å². The highest BCUT2D eigenvalue weighted by atomic mass is 35.5. The zero-order chi connectivity index (χ0) is 14.4. The van der Waals surface area contributed by atoms with Crippen molar-refractivity contribution in [2.24, 2.45) is 5.92 Å². The van der Waals surface area contributed by atoms with Gasteiger partial charge in [0.05, 0.1) is 0 Å². The maximum Gasteiger partial charge on any atom is 0.303 e. The van der Waals surface area contributed by atoms with E-state index in [0.717, 1.165) is 38.2 Å². The van der Waals surface area contributed by atoms with Gasteiger partial charge in [-0.3, -0.25) is 9.69 Å². The minimum absolute atomic E-state index is 0.272. The SMILES string of the molecule is O=C(O)CC1CCCN(CCOc2ccc(Cl)cc2)C1. The molecule has 0 bridgehead atoms. The summed E-state index contributed by atoms with van der Waals surface area (Å²) in [7, 11) is 0. The third-order valence-corrected chi connectivity index (χ3v) is 3.81. The second kappa shape index (κ2) is 7.50. The van der Waals surface area contributed by atoms with Crippen LogP contribution in [0.15, 0.2) is 24.3 Å². The highest BCUT2D eigenvalue weighted by Gasteiger charge is 2.21. The molecule has 0 aliphatic carbocycles. The Kier molecular flexibility index (Phi) is 5.68. The van der Waals surface area contributed by atoms with Gasteiger partial charge in [-0.05, 0) is 49.6 Å². The van der Waals surface area contributed by atoms with Crippen LogP contribution in [0, 0.1) is 5.92 Å². The van der Waals surface area contributed by atoms with Crippen LogP contribution in [0.3, 0.4) is 0 Å². The Morgan fingerprint density at radius 2 is 2.15 bits per heavy atom. The van der Waals surface area contributed by atoms with Crippen LogP contribution in [0.5, 0.6) is 5.75 Å². The van der Waals surface area contributed by atoms with Crippen molar-refractivity contribution in [1.29, 1.82) is 0 Å². The summed E-state index contributed by atoms with van der Waals surface area (Å²) in [6, 6.07) is 7.32. The number of carbonyl (C=O) groups is 1. The molecular formula is C15H20ClNO3. The lowest BCUT2D eigenvalue weighted by molar-refractivity contribution is -0.138. The van der Waals surface area contributed by atoms with Crippen LogP contribution in [0.4, 0.5) is 0 Å². The van der Waals surface area contributed by atoms with Crippen molar-refractivity contribution >= 4 is 17.6 Å². The number of rotatable bonds is 6. The maximum absolute atomic E-state index is 10.7. The summed E-state index contributed by atoms with van der Waals surface area (Å²) in [6.07, 6.45) is 2.36. The van der Waals surface area contributed by atoms with E-state index < -0.39 is 5.97 Å². The van der Waals surface area contributed by atoms with Crippen molar-refractivity contribution in [2.45, 2.75) is 19.3 Å². The van der Waals surface area contributed by atoms with Gasteiger partial charge in [0.2, 0.25) is 0 Å². The molecule has 0 amide bonds. The number of carboxylic acids is 1. The number of benzene rings is 1. The van der Waals surface area contributed by atoms with E-state index in [1.54, 1.807) is 12.1 Å². The largest absolute Gasteiger partial charge is 0.492 e. The smallest absolute Gasteiger partial charge is 0.303 e. The quantitative estimate of drug-likeness (QED) is 0.877. The van der Waals surface area contributed by atoms with E-state index in [2.05, 4.69) is 4.90 Å². The predicted molar refractivity (Wildman–Crippen MR) is 78.4 cm³/mol. The Labute approximate surface area is 124 Å². The average Bonchev–Trinajstić information content (AvgIpc) is 2.41. The molecule has 110 valence electrons. The van der Waals surface area contributed by atoms with Crippen molar-refractivity contribution < 1.29 is 14.6 Å². The van der Waals surface area contributed by atoms with Gasteiger partial charge in [-0.1, -0.05) is 11.6 Å². The second-order valence-electron chi connectivity index (χ2n) is 5.21. The molecule has 1 aliphatic heterocycles. The fourth-order valence-corrected chi connectivity index (χ4v) is 2.72. The van der Waals surface area contributed by atoms with Gasteiger partial charge < -0.3 is 9.84 Å². The molecule has 0 radical (unpaired) electrons. The van der Waals surface area contributed by atoms with Gasteiger partial charge in [-0.25, -0.2) is 0 Å². The number of aliphatic carboxylic acids is 1. The number of halogens is 1. The summed E-state index contributed by atoms with van der Waals surface area (Å²) in [4.78, 5) is 13.0. The first-order chi connectivity index (χ1) is 9.63. The van der Waals surface area contributed by atoms with Gasteiger partial charge in [0.15, 0.2) is 0 Å². The van der Waals surface area contributed by atoms with Gasteiger partial charge in [-0.15, -0.1) is 0 Å². The first kappa shape index (κ1) is 15.1.